The molecule has 3 unspecified atom stereocenters. The van der Waals surface area contributed by atoms with Crippen molar-refractivity contribution in [1.29, 1.82) is 0 Å². The average molecular weight is 1060 g/mol. The molecule has 12 heteroatoms. The van der Waals surface area contributed by atoms with Crippen LogP contribution in [0, 0.1) is 0 Å². The molecule has 426 valence electrons. The molecule has 0 bridgehead atoms. The topological polar surface area (TPSA) is 155 Å². The molecular formula is C62H107O11P. The van der Waals surface area contributed by atoms with E-state index in [2.05, 4.69) is 93.7 Å². The number of ether oxygens (including phenoxy) is 3. The van der Waals surface area contributed by atoms with Crippen molar-refractivity contribution >= 4 is 25.7 Å². The summed E-state index contributed by atoms with van der Waals surface area (Å²) in [6.07, 6.45) is 64.0. The minimum absolute atomic E-state index is 0.0872. The molecule has 0 rings (SSSR count). The van der Waals surface area contributed by atoms with Crippen LogP contribution in [0.3, 0.4) is 0 Å². The van der Waals surface area contributed by atoms with Crippen LogP contribution in [0.1, 0.15) is 252 Å². The summed E-state index contributed by atoms with van der Waals surface area (Å²) < 4.78 is 39.5. The van der Waals surface area contributed by atoms with E-state index in [1.165, 1.54) is 89.9 Å². The Labute approximate surface area is 451 Å². The van der Waals surface area contributed by atoms with Gasteiger partial charge in [0.15, 0.2) is 6.10 Å². The molecule has 0 heterocycles. The summed E-state index contributed by atoms with van der Waals surface area (Å²) in [5, 5.41) is 9.82. The molecule has 0 aliphatic carbocycles. The van der Waals surface area contributed by atoms with Crippen molar-refractivity contribution in [3.8, 4) is 0 Å². The first-order valence-electron chi connectivity index (χ1n) is 29.5. The van der Waals surface area contributed by atoms with E-state index in [1.54, 1.807) is 0 Å². The highest BCUT2D eigenvalue weighted by atomic mass is 31.2. The molecule has 0 aromatic heterocycles. The van der Waals surface area contributed by atoms with Gasteiger partial charge in [-0.1, -0.05) is 228 Å². The maximum absolute atomic E-state index is 12.9. The number of allylic oxidation sites excluding steroid dienone is 14. The fourth-order valence-corrected chi connectivity index (χ4v) is 8.62. The summed E-state index contributed by atoms with van der Waals surface area (Å²) in [7, 11) is -4.77. The second-order valence-electron chi connectivity index (χ2n) is 19.4. The van der Waals surface area contributed by atoms with Gasteiger partial charge in [0, 0.05) is 19.3 Å². The number of hydrogen-bond acceptors (Lipinski definition) is 10. The fraction of sp³-hybridized carbons (Fsp3) is 0.726. The summed E-state index contributed by atoms with van der Waals surface area (Å²) in [6.45, 7) is 4.44. The molecule has 0 saturated carbocycles. The number of carbonyl (C=O) groups is 3. The monoisotopic (exact) mass is 1060 g/mol. The maximum Gasteiger partial charge on any atom is 0.472 e. The zero-order valence-electron chi connectivity index (χ0n) is 47.0. The van der Waals surface area contributed by atoms with Crippen LogP contribution in [0.2, 0.25) is 0 Å². The van der Waals surface area contributed by atoms with Crippen LogP contribution in [-0.2, 0) is 42.2 Å². The van der Waals surface area contributed by atoms with E-state index in [1.807, 2.05) is 12.2 Å². The Hall–Kier alpha value is -3.34. The van der Waals surface area contributed by atoms with Crippen molar-refractivity contribution in [2.45, 2.75) is 264 Å². The Morgan fingerprint density at radius 2 is 0.716 bits per heavy atom. The van der Waals surface area contributed by atoms with Gasteiger partial charge in [-0.05, 0) is 89.9 Å². The predicted octanol–water partition coefficient (Wildman–Crippen LogP) is 17.5. The fourth-order valence-electron chi connectivity index (χ4n) is 7.83. The van der Waals surface area contributed by atoms with Gasteiger partial charge in [0.1, 0.15) is 12.7 Å². The Morgan fingerprint density at radius 3 is 1.16 bits per heavy atom. The number of phosphoric ester groups is 1. The smallest absolute Gasteiger partial charge is 0.462 e. The van der Waals surface area contributed by atoms with E-state index >= 15 is 0 Å². The Balaban J connectivity index is 4.81. The van der Waals surface area contributed by atoms with Gasteiger partial charge in [-0.3, -0.25) is 23.4 Å². The van der Waals surface area contributed by atoms with E-state index in [9.17, 15) is 28.9 Å². The first-order chi connectivity index (χ1) is 36.2. The van der Waals surface area contributed by atoms with Crippen molar-refractivity contribution in [3.63, 3.8) is 0 Å². The van der Waals surface area contributed by atoms with Gasteiger partial charge in [-0.25, -0.2) is 4.57 Å². The Morgan fingerprint density at radius 1 is 0.392 bits per heavy atom. The number of hydrogen-bond donors (Lipinski definition) is 2. The quantitative estimate of drug-likeness (QED) is 0.0197. The van der Waals surface area contributed by atoms with E-state index in [0.717, 1.165) is 96.3 Å². The molecule has 11 nitrogen and oxygen atoms in total. The lowest BCUT2D eigenvalue weighted by molar-refractivity contribution is -0.161. The minimum Gasteiger partial charge on any atom is -0.462 e. The number of phosphoric acid groups is 1. The van der Waals surface area contributed by atoms with E-state index in [-0.39, 0.29) is 25.9 Å². The standard InChI is InChI=1S/C62H107O11P/c1-4-7-10-13-16-19-22-25-28-29-32-35-38-41-44-47-50-53-62(66)73-59(55-69-60(64)51-48-45-42-39-36-33-30-26-23-20-17-14-11-8-5-2)57-71-74(67,68)70-56-58(54-63)72-61(65)52-49-46-43-40-37-34-31-27-24-21-18-15-12-9-6-3/h7,10,16,18-19,21,25,27-28,31-32,35,41,44,58-59,63H,4-6,8-9,11-15,17,20,22-24,26,29-30,33-34,36-40,42-43,45-57H2,1-3H3,(H,67,68)/b10-7-,19-16-,21-18-,28-25-,31-27-,35-32-,44-41-. The Bertz CT molecular complexity index is 1560. The van der Waals surface area contributed by atoms with Gasteiger partial charge >= 0.3 is 25.7 Å². The number of rotatable bonds is 54. The molecule has 0 aliphatic heterocycles. The molecular weight excluding hydrogens is 952 g/mol. The second-order valence-corrected chi connectivity index (χ2v) is 20.9. The highest BCUT2D eigenvalue weighted by Crippen LogP contribution is 2.43. The van der Waals surface area contributed by atoms with Crippen LogP contribution in [0.5, 0.6) is 0 Å². The van der Waals surface area contributed by atoms with Crippen molar-refractivity contribution < 1.29 is 52.2 Å². The number of aliphatic hydroxyl groups excluding tert-OH is 1. The first kappa shape index (κ1) is 70.7. The summed E-state index contributed by atoms with van der Waals surface area (Å²) in [4.78, 5) is 48.5. The summed E-state index contributed by atoms with van der Waals surface area (Å²) in [6, 6.07) is 0. The third-order valence-corrected chi connectivity index (χ3v) is 13.3. The predicted molar refractivity (Wildman–Crippen MR) is 307 cm³/mol. The third-order valence-electron chi connectivity index (χ3n) is 12.3. The molecule has 0 saturated heterocycles. The highest BCUT2D eigenvalue weighted by Gasteiger charge is 2.28. The van der Waals surface area contributed by atoms with Crippen molar-refractivity contribution in [1.82, 2.24) is 0 Å². The molecule has 2 N–H and O–H groups in total. The lowest BCUT2D eigenvalue weighted by atomic mass is 10.0. The van der Waals surface area contributed by atoms with Crippen LogP contribution >= 0.6 is 7.82 Å². The number of aliphatic hydroxyl groups is 1. The number of unbranched alkanes of at least 4 members (excludes halogenated alkanes) is 23. The normalized spacial score (nSPS) is 14.0. The van der Waals surface area contributed by atoms with Crippen LogP contribution in [0.4, 0.5) is 0 Å². The lowest BCUT2D eigenvalue weighted by Gasteiger charge is -2.21. The molecule has 74 heavy (non-hydrogen) atoms. The first-order valence-corrected chi connectivity index (χ1v) is 31.0. The zero-order chi connectivity index (χ0) is 54.1. The molecule has 0 aliphatic rings. The van der Waals surface area contributed by atoms with Gasteiger partial charge in [-0.15, -0.1) is 0 Å². The minimum atomic E-state index is -4.77. The van der Waals surface area contributed by atoms with Crippen molar-refractivity contribution in [2.24, 2.45) is 0 Å². The molecule has 0 aromatic rings. The highest BCUT2D eigenvalue weighted by molar-refractivity contribution is 7.47. The second kappa shape index (κ2) is 55.9. The molecule has 0 amide bonds. The van der Waals surface area contributed by atoms with E-state index in [4.69, 9.17) is 23.3 Å². The zero-order valence-corrected chi connectivity index (χ0v) is 47.9. The maximum atomic E-state index is 12.9. The van der Waals surface area contributed by atoms with Gasteiger partial charge in [0.25, 0.3) is 0 Å². The number of carbonyl (C=O) groups excluding carboxylic acids is 3. The van der Waals surface area contributed by atoms with Gasteiger partial charge in [-0.2, -0.15) is 0 Å². The van der Waals surface area contributed by atoms with E-state index < -0.39 is 57.8 Å². The Kier molecular flexibility index (Phi) is 53.4. The largest absolute Gasteiger partial charge is 0.472 e. The van der Waals surface area contributed by atoms with Gasteiger partial charge in [0.2, 0.25) is 0 Å². The molecule has 0 fully saturated rings. The van der Waals surface area contributed by atoms with Crippen LogP contribution in [0.15, 0.2) is 85.1 Å². The third kappa shape index (κ3) is 53.5. The summed E-state index contributed by atoms with van der Waals surface area (Å²) in [5.74, 6) is -1.55. The summed E-state index contributed by atoms with van der Waals surface area (Å²) >= 11 is 0. The van der Waals surface area contributed by atoms with Crippen LogP contribution in [-0.4, -0.2) is 66.5 Å². The number of esters is 3. The molecule has 0 radical (unpaired) electrons. The summed E-state index contributed by atoms with van der Waals surface area (Å²) in [5.41, 5.74) is 0. The SMILES string of the molecule is CC/C=C\C/C=C\C/C=C\C/C=C\C/C=C\CCCC(=O)OC(COC(=O)CCCCCCCCCCCCCCCCC)COP(=O)(O)OCC(CO)OC(=O)CCCCCCC/C=C\C/C=C\CCCCC. The molecule has 0 spiro atoms. The van der Waals surface area contributed by atoms with Crippen molar-refractivity contribution in [3.05, 3.63) is 85.1 Å². The van der Waals surface area contributed by atoms with Crippen LogP contribution < -0.4 is 0 Å². The molecule has 3 atom stereocenters. The molecule has 0 aromatic carbocycles. The average Bonchev–Trinajstić information content (AvgIpc) is 3.39. The van der Waals surface area contributed by atoms with Crippen LogP contribution in [0.25, 0.3) is 0 Å². The van der Waals surface area contributed by atoms with Gasteiger partial charge in [0.05, 0.1) is 19.8 Å². The lowest BCUT2D eigenvalue weighted by Crippen LogP contribution is -2.30. The van der Waals surface area contributed by atoms with Gasteiger partial charge < -0.3 is 24.2 Å². The van der Waals surface area contributed by atoms with Crippen molar-refractivity contribution in [2.75, 3.05) is 26.4 Å². The van der Waals surface area contributed by atoms with E-state index in [0.29, 0.717) is 25.7 Å².